The van der Waals surface area contributed by atoms with E-state index in [2.05, 4.69) is 0 Å². The van der Waals surface area contributed by atoms with E-state index in [-0.39, 0.29) is 22.3 Å². The minimum Gasteiger partial charge on any atom is -0.497 e. The lowest BCUT2D eigenvalue weighted by Gasteiger charge is -2.25. The molecule has 1 aromatic heterocycles. The number of carbonyl (C=O) groups is 1. The first-order valence-corrected chi connectivity index (χ1v) is 11.0. The topological polar surface area (TPSA) is 69.0 Å². The zero-order chi connectivity index (χ0) is 23.8. The van der Waals surface area contributed by atoms with Crippen molar-refractivity contribution in [1.29, 1.82) is 0 Å². The highest BCUT2D eigenvalue weighted by Crippen LogP contribution is 2.41. The molecule has 0 spiro atoms. The van der Waals surface area contributed by atoms with Gasteiger partial charge in [0.1, 0.15) is 22.9 Å². The first kappa shape index (κ1) is 21.7. The molecule has 0 saturated carbocycles. The average Bonchev–Trinajstić information content (AvgIpc) is 3.16. The minimum atomic E-state index is -0.750. The molecule has 1 unspecified atom stereocenters. The number of carbonyl (C=O) groups excluding carboxylic acids is 1. The monoisotopic (exact) mass is 459 g/mol. The quantitative estimate of drug-likeness (QED) is 0.382. The normalized spacial score (nSPS) is 15.0. The molecule has 0 saturated heterocycles. The molecule has 172 valence electrons. The highest BCUT2D eigenvalue weighted by molar-refractivity contribution is 6.10. The SMILES string of the molecule is CCCOc1ccc(C2c3c(oc4ccc(F)cc4c3=O)C(=O)N2c2ccc(OC)cc2)cc1. The van der Waals surface area contributed by atoms with Gasteiger partial charge in [-0.25, -0.2) is 4.39 Å². The minimum absolute atomic E-state index is 0.0452. The predicted molar refractivity (Wildman–Crippen MR) is 126 cm³/mol. The molecule has 1 amide bonds. The van der Waals surface area contributed by atoms with Crippen LogP contribution in [0.2, 0.25) is 0 Å². The highest BCUT2D eigenvalue weighted by atomic mass is 19.1. The van der Waals surface area contributed by atoms with E-state index >= 15 is 0 Å². The molecule has 1 aliphatic rings. The summed E-state index contributed by atoms with van der Waals surface area (Å²) >= 11 is 0. The van der Waals surface area contributed by atoms with E-state index in [1.54, 1.807) is 31.4 Å². The van der Waals surface area contributed by atoms with Crippen molar-refractivity contribution < 1.29 is 23.1 Å². The molecule has 0 N–H and O–H groups in total. The number of nitrogens with zero attached hydrogens (tertiary/aromatic N) is 1. The van der Waals surface area contributed by atoms with E-state index in [1.165, 1.54) is 17.0 Å². The van der Waals surface area contributed by atoms with E-state index in [9.17, 15) is 14.0 Å². The number of ether oxygens (including phenoxy) is 2. The van der Waals surface area contributed by atoms with Crippen LogP contribution in [-0.4, -0.2) is 19.6 Å². The Morgan fingerprint density at radius 3 is 2.35 bits per heavy atom. The van der Waals surface area contributed by atoms with Gasteiger partial charge in [-0.2, -0.15) is 0 Å². The summed E-state index contributed by atoms with van der Waals surface area (Å²) in [6, 6.07) is 17.2. The second kappa shape index (κ2) is 8.67. The van der Waals surface area contributed by atoms with Crippen LogP contribution in [0, 0.1) is 5.82 Å². The van der Waals surface area contributed by atoms with Gasteiger partial charge in [-0.3, -0.25) is 14.5 Å². The van der Waals surface area contributed by atoms with Crippen LogP contribution >= 0.6 is 0 Å². The van der Waals surface area contributed by atoms with Gasteiger partial charge >= 0.3 is 0 Å². The van der Waals surface area contributed by atoms with Crippen LogP contribution in [0.4, 0.5) is 10.1 Å². The van der Waals surface area contributed by atoms with Crippen molar-refractivity contribution in [3.8, 4) is 11.5 Å². The lowest BCUT2D eigenvalue weighted by Crippen LogP contribution is -2.29. The zero-order valence-corrected chi connectivity index (χ0v) is 18.7. The van der Waals surface area contributed by atoms with Crippen molar-refractivity contribution in [3.05, 3.63) is 99.7 Å². The number of amides is 1. The number of rotatable bonds is 6. The van der Waals surface area contributed by atoms with Gasteiger partial charge in [0.2, 0.25) is 5.76 Å². The maximum atomic E-state index is 13.9. The average molecular weight is 459 g/mol. The molecular weight excluding hydrogens is 437 g/mol. The fourth-order valence-electron chi connectivity index (χ4n) is 4.24. The van der Waals surface area contributed by atoms with Gasteiger partial charge in [-0.05, 0) is 66.6 Å². The number of anilines is 1. The van der Waals surface area contributed by atoms with Gasteiger partial charge in [-0.1, -0.05) is 19.1 Å². The van der Waals surface area contributed by atoms with Crippen LogP contribution in [0.3, 0.4) is 0 Å². The third-order valence-corrected chi connectivity index (χ3v) is 5.85. The maximum absolute atomic E-state index is 13.9. The number of benzene rings is 3. The summed E-state index contributed by atoms with van der Waals surface area (Å²) in [5.41, 5.74) is 1.19. The van der Waals surface area contributed by atoms with Crippen LogP contribution in [0.1, 0.15) is 41.1 Å². The van der Waals surface area contributed by atoms with Crippen LogP contribution in [0.5, 0.6) is 11.5 Å². The van der Waals surface area contributed by atoms with E-state index in [1.807, 2.05) is 31.2 Å². The molecule has 1 aliphatic heterocycles. The van der Waals surface area contributed by atoms with Gasteiger partial charge in [0.05, 0.1) is 30.7 Å². The molecular formula is C27H22FNO5. The van der Waals surface area contributed by atoms with Gasteiger partial charge in [0, 0.05) is 5.69 Å². The Kier molecular flexibility index (Phi) is 5.53. The third kappa shape index (κ3) is 3.59. The lowest BCUT2D eigenvalue weighted by atomic mass is 9.98. The summed E-state index contributed by atoms with van der Waals surface area (Å²) in [7, 11) is 1.56. The van der Waals surface area contributed by atoms with E-state index in [0.717, 1.165) is 12.5 Å². The Morgan fingerprint density at radius 1 is 0.971 bits per heavy atom. The van der Waals surface area contributed by atoms with Crippen LogP contribution in [-0.2, 0) is 0 Å². The van der Waals surface area contributed by atoms with E-state index in [0.29, 0.717) is 29.4 Å². The molecule has 7 heteroatoms. The Balaban J connectivity index is 1.70. The smallest absolute Gasteiger partial charge is 0.295 e. The van der Waals surface area contributed by atoms with Crippen molar-refractivity contribution in [2.45, 2.75) is 19.4 Å². The van der Waals surface area contributed by atoms with Crippen molar-refractivity contribution in [3.63, 3.8) is 0 Å². The van der Waals surface area contributed by atoms with Crippen molar-refractivity contribution >= 4 is 22.6 Å². The Morgan fingerprint density at radius 2 is 1.68 bits per heavy atom. The second-order valence-electron chi connectivity index (χ2n) is 8.01. The summed E-state index contributed by atoms with van der Waals surface area (Å²) in [4.78, 5) is 28.6. The first-order valence-electron chi connectivity index (χ1n) is 11.0. The number of fused-ring (bicyclic) bond motifs is 2. The lowest BCUT2D eigenvalue weighted by molar-refractivity contribution is 0.0971. The summed E-state index contributed by atoms with van der Waals surface area (Å²) in [5, 5.41) is 0.0935. The first-order chi connectivity index (χ1) is 16.5. The van der Waals surface area contributed by atoms with E-state index < -0.39 is 23.2 Å². The Bertz CT molecular complexity index is 1430. The maximum Gasteiger partial charge on any atom is 0.295 e. The van der Waals surface area contributed by atoms with Gasteiger partial charge in [0.15, 0.2) is 5.43 Å². The summed E-state index contributed by atoms with van der Waals surface area (Å²) < 4.78 is 30.7. The number of hydrogen-bond donors (Lipinski definition) is 0. The van der Waals surface area contributed by atoms with Crippen LogP contribution in [0.15, 0.2) is 75.9 Å². The summed E-state index contributed by atoms with van der Waals surface area (Å²) in [6.45, 7) is 2.61. The number of hydrogen-bond acceptors (Lipinski definition) is 5. The van der Waals surface area contributed by atoms with Crippen LogP contribution in [0.25, 0.3) is 11.0 Å². The molecule has 0 aliphatic carbocycles. The molecule has 6 nitrogen and oxygen atoms in total. The van der Waals surface area contributed by atoms with Crippen LogP contribution < -0.4 is 19.8 Å². The fourth-order valence-corrected chi connectivity index (χ4v) is 4.24. The number of methoxy groups -OCH3 is 1. The number of halogens is 1. The Hall–Kier alpha value is -4.13. The summed E-state index contributed by atoms with van der Waals surface area (Å²) in [5.74, 6) is 0.289. The molecule has 34 heavy (non-hydrogen) atoms. The van der Waals surface area contributed by atoms with Crippen molar-refractivity contribution in [2.75, 3.05) is 18.6 Å². The molecule has 4 aromatic rings. The van der Waals surface area contributed by atoms with E-state index in [4.69, 9.17) is 13.9 Å². The molecule has 2 heterocycles. The van der Waals surface area contributed by atoms with Crippen molar-refractivity contribution in [1.82, 2.24) is 0 Å². The van der Waals surface area contributed by atoms with Gasteiger partial charge < -0.3 is 13.9 Å². The predicted octanol–water partition coefficient (Wildman–Crippen LogP) is 5.48. The fraction of sp³-hybridized carbons (Fsp3) is 0.185. The largest absolute Gasteiger partial charge is 0.497 e. The molecule has 3 aromatic carbocycles. The molecule has 0 radical (unpaired) electrons. The molecule has 1 atom stereocenters. The van der Waals surface area contributed by atoms with Crippen molar-refractivity contribution in [2.24, 2.45) is 0 Å². The molecule has 5 rings (SSSR count). The second-order valence-corrected chi connectivity index (χ2v) is 8.01. The van der Waals surface area contributed by atoms with Gasteiger partial charge in [0.25, 0.3) is 5.91 Å². The highest BCUT2D eigenvalue weighted by Gasteiger charge is 2.43. The molecule has 0 fully saturated rings. The summed E-state index contributed by atoms with van der Waals surface area (Å²) in [6.07, 6.45) is 0.877. The standard InChI is InChI=1S/C27H22FNO5/c1-3-14-33-20-9-4-16(5-10-20)24-23-25(30)21-15-17(28)6-13-22(21)34-26(23)27(31)29(24)18-7-11-19(32-2)12-8-18/h4-13,15,24H,3,14H2,1-2H3. The molecule has 0 bridgehead atoms. The third-order valence-electron chi connectivity index (χ3n) is 5.85. The zero-order valence-electron chi connectivity index (χ0n) is 18.7. The van der Waals surface area contributed by atoms with Gasteiger partial charge in [-0.15, -0.1) is 0 Å². The Labute approximate surface area is 195 Å².